The third-order valence-electron chi connectivity index (χ3n) is 4.93. The van der Waals surface area contributed by atoms with E-state index in [1.54, 1.807) is 24.1 Å². The Kier molecular flexibility index (Phi) is 9.21. The van der Waals surface area contributed by atoms with E-state index >= 15 is 0 Å². The van der Waals surface area contributed by atoms with Crippen LogP contribution in [0.3, 0.4) is 0 Å². The van der Waals surface area contributed by atoms with Gasteiger partial charge in [-0.25, -0.2) is 17.7 Å². The largest absolute Gasteiger partial charge is 0.497 e. The Morgan fingerprint density at radius 3 is 2.27 bits per heavy atom. The van der Waals surface area contributed by atoms with Gasteiger partial charge in [-0.15, -0.1) is 12.4 Å². The van der Waals surface area contributed by atoms with Crippen LogP contribution >= 0.6 is 23.7 Å². The molecule has 0 radical (unpaired) electrons. The first-order valence-electron chi connectivity index (χ1n) is 10.1. The fraction of sp³-hybridized carbons (Fsp3) is 0.364. The summed E-state index contributed by atoms with van der Waals surface area (Å²) in [4.78, 5) is 21.9. The molecule has 1 aromatic heterocycles. The van der Waals surface area contributed by atoms with Crippen molar-refractivity contribution in [2.75, 3.05) is 53.3 Å². The molecule has 180 valence electrons. The minimum atomic E-state index is -3.56. The molecule has 1 amide bonds. The molecule has 3 aromatic rings. The van der Waals surface area contributed by atoms with Crippen LogP contribution in [0.1, 0.15) is 16.8 Å². The molecule has 0 fully saturated rings. The van der Waals surface area contributed by atoms with Crippen molar-refractivity contribution in [2.24, 2.45) is 0 Å². The van der Waals surface area contributed by atoms with Crippen molar-refractivity contribution in [3.8, 4) is 5.75 Å². The molecular weight excluding hydrogens is 484 g/mol. The van der Waals surface area contributed by atoms with Gasteiger partial charge in [-0.05, 0) is 69.5 Å². The number of methoxy groups -OCH3 is 1. The standard InChI is InChI=1S/C22H28N4O4S2.ClH/c1-24(2)13-6-14-26(22-23-19-12-9-17(30-5)15-20(19)31-22)21(27)16-7-10-18(11-8-16)32(28,29)25(3)4;/h7-12,15H,6,13-14H2,1-5H3;1H. The summed E-state index contributed by atoms with van der Waals surface area (Å²) < 4.78 is 32.0. The molecule has 0 atom stereocenters. The van der Waals surface area contributed by atoms with Crippen LogP contribution in [0, 0.1) is 0 Å². The average Bonchev–Trinajstić information content (AvgIpc) is 3.18. The number of halogens is 1. The van der Waals surface area contributed by atoms with Gasteiger partial charge in [-0.2, -0.15) is 0 Å². The number of fused-ring (bicyclic) bond motifs is 1. The fourth-order valence-corrected chi connectivity index (χ4v) is 5.02. The van der Waals surface area contributed by atoms with Crippen molar-refractivity contribution in [1.82, 2.24) is 14.2 Å². The minimum absolute atomic E-state index is 0. The van der Waals surface area contributed by atoms with E-state index in [9.17, 15) is 13.2 Å². The van der Waals surface area contributed by atoms with Crippen molar-refractivity contribution >= 4 is 55.0 Å². The van der Waals surface area contributed by atoms with Gasteiger partial charge < -0.3 is 9.64 Å². The monoisotopic (exact) mass is 512 g/mol. The molecule has 0 aliphatic heterocycles. The predicted octanol–water partition coefficient (Wildman–Crippen LogP) is 3.58. The summed E-state index contributed by atoms with van der Waals surface area (Å²) >= 11 is 1.43. The molecule has 0 N–H and O–H groups in total. The van der Waals surface area contributed by atoms with E-state index in [1.807, 2.05) is 32.3 Å². The molecule has 0 spiro atoms. The minimum Gasteiger partial charge on any atom is -0.497 e. The van der Waals surface area contributed by atoms with Gasteiger partial charge in [-0.1, -0.05) is 11.3 Å². The smallest absolute Gasteiger partial charge is 0.260 e. The lowest BCUT2D eigenvalue weighted by Gasteiger charge is -2.21. The lowest BCUT2D eigenvalue weighted by atomic mass is 10.2. The molecule has 0 aliphatic rings. The van der Waals surface area contributed by atoms with Crippen molar-refractivity contribution in [2.45, 2.75) is 11.3 Å². The summed E-state index contributed by atoms with van der Waals surface area (Å²) in [6.45, 7) is 1.31. The van der Waals surface area contributed by atoms with Gasteiger partial charge in [0.05, 0.1) is 22.2 Å². The molecule has 0 saturated heterocycles. The zero-order valence-electron chi connectivity index (χ0n) is 19.3. The van der Waals surface area contributed by atoms with E-state index in [4.69, 9.17) is 4.74 Å². The number of aromatic nitrogens is 1. The maximum Gasteiger partial charge on any atom is 0.260 e. The van der Waals surface area contributed by atoms with Crippen molar-refractivity contribution in [3.05, 3.63) is 48.0 Å². The van der Waals surface area contributed by atoms with Gasteiger partial charge in [0.1, 0.15) is 5.75 Å². The third kappa shape index (κ3) is 6.21. The molecule has 0 saturated carbocycles. The van der Waals surface area contributed by atoms with Crippen molar-refractivity contribution in [3.63, 3.8) is 0 Å². The molecule has 8 nitrogen and oxygen atoms in total. The molecule has 3 rings (SSSR count). The van der Waals surface area contributed by atoms with E-state index < -0.39 is 10.0 Å². The van der Waals surface area contributed by atoms with Crippen LogP contribution in [-0.2, 0) is 10.0 Å². The summed E-state index contributed by atoms with van der Waals surface area (Å²) in [6, 6.07) is 11.6. The SMILES string of the molecule is COc1ccc2nc(N(CCCN(C)C)C(=O)c3ccc(S(=O)(=O)N(C)C)cc3)sc2c1.Cl. The zero-order valence-corrected chi connectivity index (χ0v) is 21.8. The highest BCUT2D eigenvalue weighted by Crippen LogP contribution is 2.32. The van der Waals surface area contributed by atoms with Crippen LogP contribution in [0.15, 0.2) is 47.4 Å². The Hall–Kier alpha value is -2.24. The topological polar surface area (TPSA) is 83.0 Å². The molecule has 11 heteroatoms. The van der Waals surface area contributed by atoms with Crippen LogP contribution < -0.4 is 9.64 Å². The highest BCUT2D eigenvalue weighted by Gasteiger charge is 2.23. The molecule has 33 heavy (non-hydrogen) atoms. The van der Waals surface area contributed by atoms with Gasteiger partial charge in [0.2, 0.25) is 10.0 Å². The number of rotatable bonds is 9. The predicted molar refractivity (Wildman–Crippen MR) is 136 cm³/mol. The van der Waals surface area contributed by atoms with E-state index in [0.717, 1.165) is 33.2 Å². The van der Waals surface area contributed by atoms with Gasteiger partial charge in [0.15, 0.2) is 5.13 Å². The summed E-state index contributed by atoms with van der Waals surface area (Å²) in [7, 11) is 4.98. The number of amides is 1. The van der Waals surface area contributed by atoms with Gasteiger partial charge >= 0.3 is 0 Å². The fourth-order valence-electron chi connectivity index (χ4n) is 3.10. The highest BCUT2D eigenvalue weighted by molar-refractivity contribution is 7.89. The number of nitrogens with zero attached hydrogens (tertiary/aromatic N) is 4. The maximum absolute atomic E-state index is 13.4. The first-order valence-corrected chi connectivity index (χ1v) is 12.3. The van der Waals surface area contributed by atoms with Crippen LogP contribution in [0.4, 0.5) is 5.13 Å². The number of hydrogen-bond acceptors (Lipinski definition) is 7. The number of anilines is 1. The average molecular weight is 513 g/mol. The second-order valence-corrected chi connectivity index (χ2v) is 10.9. The van der Waals surface area contributed by atoms with Crippen LogP contribution in [0.2, 0.25) is 0 Å². The maximum atomic E-state index is 13.4. The van der Waals surface area contributed by atoms with E-state index in [-0.39, 0.29) is 23.2 Å². The summed E-state index contributed by atoms with van der Waals surface area (Å²) in [6.07, 6.45) is 0.769. The zero-order chi connectivity index (χ0) is 23.5. The van der Waals surface area contributed by atoms with Crippen LogP contribution in [0.25, 0.3) is 10.2 Å². The number of hydrogen-bond donors (Lipinski definition) is 0. The van der Waals surface area contributed by atoms with Crippen molar-refractivity contribution in [1.29, 1.82) is 0 Å². The molecular formula is C22H29ClN4O4S2. The van der Waals surface area contributed by atoms with Gasteiger partial charge in [0.25, 0.3) is 5.91 Å². The Morgan fingerprint density at radius 2 is 1.70 bits per heavy atom. The Bertz CT molecular complexity index is 1190. The third-order valence-corrected chi connectivity index (χ3v) is 7.80. The van der Waals surface area contributed by atoms with Crippen LogP contribution in [-0.4, -0.2) is 76.9 Å². The molecule has 0 unspecified atom stereocenters. The van der Waals surface area contributed by atoms with Gasteiger partial charge in [0, 0.05) is 26.2 Å². The first kappa shape index (κ1) is 27.0. The van der Waals surface area contributed by atoms with E-state index in [1.165, 1.54) is 37.6 Å². The molecule has 2 aromatic carbocycles. The quantitative estimate of drug-likeness (QED) is 0.436. The second kappa shape index (κ2) is 11.3. The number of thiazole rings is 1. The molecule has 0 bridgehead atoms. The number of benzene rings is 2. The number of carbonyl (C=O) groups excluding carboxylic acids is 1. The van der Waals surface area contributed by atoms with Crippen LogP contribution in [0.5, 0.6) is 5.75 Å². The summed E-state index contributed by atoms with van der Waals surface area (Å²) in [5.74, 6) is 0.513. The first-order chi connectivity index (χ1) is 15.1. The Labute approximate surface area is 205 Å². The van der Waals surface area contributed by atoms with E-state index in [0.29, 0.717) is 17.2 Å². The Morgan fingerprint density at radius 1 is 1.03 bits per heavy atom. The number of carbonyl (C=O) groups is 1. The number of sulfonamides is 1. The second-order valence-electron chi connectivity index (χ2n) is 7.76. The van der Waals surface area contributed by atoms with Gasteiger partial charge in [-0.3, -0.25) is 9.69 Å². The summed E-state index contributed by atoms with van der Waals surface area (Å²) in [5, 5.41) is 0.599. The summed E-state index contributed by atoms with van der Waals surface area (Å²) in [5.41, 5.74) is 1.20. The Balaban J connectivity index is 0.00000385. The number of ether oxygens (including phenoxy) is 1. The lowest BCUT2D eigenvalue weighted by molar-refractivity contribution is 0.0986. The molecule has 1 heterocycles. The normalized spacial score (nSPS) is 11.6. The highest BCUT2D eigenvalue weighted by atomic mass is 35.5. The molecule has 0 aliphatic carbocycles. The van der Waals surface area contributed by atoms with Crippen molar-refractivity contribution < 1.29 is 17.9 Å². The van der Waals surface area contributed by atoms with E-state index in [2.05, 4.69) is 9.88 Å². The lowest BCUT2D eigenvalue weighted by Crippen LogP contribution is -2.33.